The Morgan fingerprint density at radius 2 is 1.74 bits per heavy atom. The number of ether oxygens (including phenoxy) is 2. The largest absolute Gasteiger partial charge is 0.497 e. The lowest BCUT2D eigenvalue weighted by Crippen LogP contribution is -2.52. The second-order valence-corrected chi connectivity index (χ2v) is 11.8. The van der Waals surface area contributed by atoms with E-state index in [-0.39, 0.29) is 5.75 Å². The number of methoxy groups -OCH3 is 2. The number of hydrogen-bond donors (Lipinski definition) is 2. The van der Waals surface area contributed by atoms with Crippen LogP contribution < -0.4 is 15.2 Å². The number of benzene rings is 1. The Labute approximate surface area is 209 Å². The number of H-pyrrole nitrogens is 1. The molecule has 0 radical (unpaired) electrons. The van der Waals surface area contributed by atoms with Crippen LogP contribution in [0.1, 0.15) is 48.9 Å². The van der Waals surface area contributed by atoms with Gasteiger partial charge in [-0.1, -0.05) is 0 Å². The maximum Gasteiger partial charge on any atom is 0.197 e. The van der Waals surface area contributed by atoms with Crippen molar-refractivity contribution >= 4 is 21.8 Å². The van der Waals surface area contributed by atoms with E-state index in [2.05, 4.69) is 15.0 Å². The molecule has 1 unspecified atom stereocenters. The quantitative estimate of drug-likeness (QED) is 0.532. The minimum absolute atomic E-state index is 0.277. The number of imidazole rings is 1. The van der Waals surface area contributed by atoms with Crippen molar-refractivity contribution < 1.29 is 13.7 Å². The first-order chi connectivity index (χ1) is 16.9. The third kappa shape index (κ3) is 4.83. The summed E-state index contributed by atoms with van der Waals surface area (Å²) < 4.78 is 23.3. The topological polar surface area (TPSA) is 103 Å². The Morgan fingerprint density at radius 1 is 1.06 bits per heavy atom. The van der Waals surface area contributed by atoms with Gasteiger partial charge >= 0.3 is 0 Å². The zero-order valence-corrected chi connectivity index (χ0v) is 21.9. The van der Waals surface area contributed by atoms with Crippen LogP contribution in [-0.2, 0) is 16.6 Å². The van der Waals surface area contributed by atoms with Gasteiger partial charge in [0, 0.05) is 29.4 Å². The van der Waals surface area contributed by atoms with Crippen LogP contribution in [0.15, 0.2) is 29.6 Å². The van der Waals surface area contributed by atoms with E-state index in [0.29, 0.717) is 11.2 Å². The summed E-state index contributed by atoms with van der Waals surface area (Å²) in [4.78, 5) is 11.9. The normalized spacial score (nSPS) is 27.4. The van der Waals surface area contributed by atoms with Gasteiger partial charge in [-0.3, -0.25) is 9.19 Å². The summed E-state index contributed by atoms with van der Waals surface area (Å²) in [6, 6.07) is 6.08. The van der Waals surface area contributed by atoms with Crippen LogP contribution >= 0.6 is 0 Å². The highest BCUT2D eigenvalue weighted by Gasteiger charge is 2.46. The summed E-state index contributed by atoms with van der Waals surface area (Å²) in [6.45, 7) is 3.86. The standard InChI is InChI=1S/C17H19N3O3S.C10H17N/c1-10-8-18-15(11(2)16(10)23-4)9-24(21)17-19-13-6-5-12(22-3)7-14(13)20-17;11-10-8-2-6-1-7(4-8)5-9(10)3-6/h5-8H,9H2,1-4H3,(H,19,20);6-10H,1-5,11H2. The van der Waals surface area contributed by atoms with Crippen LogP contribution in [0.5, 0.6) is 11.5 Å². The molecular formula is C27H36N4O3S. The average Bonchev–Trinajstić information content (AvgIpc) is 3.28. The number of hydrogen-bond acceptors (Lipinski definition) is 6. The van der Waals surface area contributed by atoms with Crippen molar-refractivity contribution in [1.82, 2.24) is 15.0 Å². The van der Waals surface area contributed by atoms with Gasteiger partial charge in [-0.2, -0.15) is 0 Å². The molecule has 7 nitrogen and oxygen atoms in total. The highest BCUT2D eigenvalue weighted by molar-refractivity contribution is 7.84. The first kappa shape index (κ1) is 24.3. The van der Waals surface area contributed by atoms with Crippen molar-refractivity contribution in [3.8, 4) is 11.5 Å². The van der Waals surface area contributed by atoms with Gasteiger partial charge in [0.05, 0.1) is 47.5 Å². The molecule has 35 heavy (non-hydrogen) atoms. The van der Waals surface area contributed by atoms with Crippen molar-refractivity contribution in [2.24, 2.45) is 29.4 Å². The number of nitrogens with one attached hydrogen (secondary N) is 1. The maximum absolute atomic E-state index is 12.7. The molecule has 4 bridgehead atoms. The molecule has 4 aliphatic rings. The Balaban J connectivity index is 0.000000189. The summed E-state index contributed by atoms with van der Waals surface area (Å²) in [6.07, 6.45) is 9.15. The number of rotatable bonds is 5. The van der Waals surface area contributed by atoms with Crippen molar-refractivity contribution in [3.63, 3.8) is 0 Å². The van der Waals surface area contributed by atoms with E-state index < -0.39 is 10.8 Å². The number of aromatic amines is 1. The number of fused-ring (bicyclic) bond motifs is 1. The first-order valence-corrected chi connectivity index (χ1v) is 13.8. The zero-order chi connectivity index (χ0) is 24.7. The van der Waals surface area contributed by atoms with Gasteiger partial charge in [0.25, 0.3) is 0 Å². The smallest absolute Gasteiger partial charge is 0.197 e. The van der Waals surface area contributed by atoms with Crippen molar-refractivity contribution in [2.75, 3.05) is 14.2 Å². The Morgan fingerprint density at radius 3 is 2.37 bits per heavy atom. The molecule has 0 spiro atoms. The second kappa shape index (κ2) is 9.90. The minimum atomic E-state index is -1.33. The fraction of sp³-hybridized carbons (Fsp3) is 0.556. The van der Waals surface area contributed by atoms with E-state index in [1.807, 2.05) is 32.0 Å². The monoisotopic (exact) mass is 496 g/mol. The number of aryl methyl sites for hydroxylation is 1. The van der Waals surface area contributed by atoms with E-state index in [4.69, 9.17) is 15.2 Å². The zero-order valence-electron chi connectivity index (χ0n) is 21.0. The molecule has 7 rings (SSSR count). The molecule has 0 amide bonds. The molecular weight excluding hydrogens is 460 g/mol. The first-order valence-electron chi connectivity index (χ1n) is 12.5. The summed E-state index contributed by atoms with van der Waals surface area (Å²) in [5.41, 5.74) is 10.3. The average molecular weight is 497 g/mol. The molecule has 8 heteroatoms. The summed E-state index contributed by atoms with van der Waals surface area (Å²) >= 11 is 0. The number of nitrogens with two attached hydrogens (primary N) is 1. The fourth-order valence-electron chi connectivity index (χ4n) is 6.58. The van der Waals surface area contributed by atoms with E-state index in [9.17, 15) is 4.21 Å². The van der Waals surface area contributed by atoms with Gasteiger partial charge in [-0.15, -0.1) is 0 Å². The predicted molar refractivity (Wildman–Crippen MR) is 138 cm³/mol. The molecule has 1 atom stereocenters. The molecule has 0 aliphatic heterocycles. The number of aromatic nitrogens is 3. The molecule has 0 saturated heterocycles. The van der Waals surface area contributed by atoms with Gasteiger partial charge in [-0.05, 0) is 81.8 Å². The lowest BCUT2D eigenvalue weighted by molar-refractivity contribution is 0.000349. The Bertz CT molecular complexity index is 1210. The fourth-order valence-corrected chi connectivity index (χ4v) is 7.68. The Kier molecular flexibility index (Phi) is 6.86. The molecule has 3 N–H and O–H groups in total. The van der Waals surface area contributed by atoms with Crippen molar-refractivity contribution in [1.29, 1.82) is 0 Å². The lowest BCUT2D eigenvalue weighted by atomic mass is 9.54. The van der Waals surface area contributed by atoms with Gasteiger partial charge < -0.3 is 20.2 Å². The van der Waals surface area contributed by atoms with Crippen LogP contribution in [0.2, 0.25) is 0 Å². The minimum Gasteiger partial charge on any atom is -0.497 e. The Hall–Kier alpha value is -2.45. The van der Waals surface area contributed by atoms with Gasteiger partial charge in [0.1, 0.15) is 11.5 Å². The summed E-state index contributed by atoms with van der Waals surface area (Å²) in [7, 11) is 1.91. The van der Waals surface area contributed by atoms with Gasteiger partial charge in [0.15, 0.2) is 5.16 Å². The maximum atomic E-state index is 12.7. The SMILES string of the molecule is COc1ccc2nc(S(=O)Cc3ncc(C)c(OC)c3C)[nH]c2c1.NC1C2CC3CC(C2)CC1C3. The van der Waals surface area contributed by atoms with E-state index in [0.717, 1.165) is 63.0 Å². The van der Waals surface area contributed by atoms with E-state index in [1.54, 1.807) is 26.8 Å². The summed E-state index contributed by atoms with van der Waals surface area (Å²) in [5, 5.41) is 0.430. The molecule has 2 aromatic heterocycles. The van der Waals surface area contributed by atoms with Crippen LogP contribution in [-0.4, -0.2) is 39.4 Å². The lowest BCUT2D eigenvalue weighted by Gasteiger charge is -2.53. The van der Waals surface area contributed by atoms with Gasteiger partial charge in [0.2, 0.25) is 0 Å². The van der Waals surface area contributed by atoms with Crippen LogP contribution in [0.4, 0.5) is 0 Å². The van der Waals surface area contributed by atoms with Crippen molar-refractivity contribution in [3.05, 3.63) is 41.2 Å². The molecule has 188 valence electrons. The third-order valence-electron chi connectivity index (χ3n) is 8.20. The number of nitrogens with zero attached hydrogens (tertiary/aromatic N) is 2. The van der Waals surface area contributed by atoms with Crippen LogP contribution in [0.25, 0.3) is 11.0 Å². The second-order valence-electron chi connectivity index (χ2n) is 10.5. The molecule has 4 fully saturated rings. The van der Waals surface area contributed by atoms with E-state index in [1.165, 1.54) is 25.7 Å². The predicted octanol–water partition coefficient (Wildman–Crippen LogP) is 4.67. The summed E-state index contributed by atoms with van der Waals surface area (Å²) in [5.74, 6) is 5.79. The van der Waals surface area contributed by atoms with Crippen LogP contribution in [0.3, 0.4) is 0 Å². The number of pyridine rings is 1. The third-order valence-corrected chi connectivity index (χ3v) is 9.36. The highest BCUT2D eigenvalue weighted by Crippen LogP contribution is 2.52. The highest BCUT2D eigenvalue weighted by atomic mass is 32.2. The van der Waals surface area contributed by atoms with E-state index >= 15 is 0 Å². The molecule has 1 aromatic carbocycles. The van der Waals surface area contributed by atoms with Crippen LogP contribution in [0, 0.1) is 37.5 Å². The van der Waals surface area contributed by atoms with Crippen molar-refractivity contribution in [2.45, 2.75) is 62.9 Å². The van der Waals surface area contributed by atoms with Gasteiger partial charge in [-0.25, -0.2) is 4.98 Å². The molecule has 4 saturated carbocycles. The molecule has 2 heterocycles. The molecule has 4 aliphatic carbocycles. The molecule has 3 aromatic rings.